The largest absolute Gasteiger partial charge is 0.494 e. The summed E-state index contributed by atoms with van der Waals surface area (Å²) < 4.78 is 5.76. The standard InChI is InChI=1S/C25H36N4O2.HI/c1-5-26-25(27-16-6-7-18-31-23-13-11-20(2)12-14-23)28-17-15-21-9-8-10-22(19-21)24(30)29(3)4;/h8-14,19H,5-7,15-18H2,1-4H3,(H2,26,27,28);1H. The van der Waals surface area contributed by atoms with Gasteiger partial charge in [0.1, 0.15) is 5.75 Å². The number of carbonyl (C=O) groups is 1. The maximum atomic E-state index is 12.1. The lowest BCUT2D eigenvalue weighted by atomic mass is 10.1. The fourth-order valence-corrected chi connectivity index (χ4v) is 3.01. The predicted octanol–water partition coefficient (Wildman–Crippen LogP) is 4.27. The molecule has 0 aliphatic heterocycles. The number of halogens is 1. The number of guanidine groups is 1. The molecule has 0 aromatic heterocycles. The third kappa shape index (κ3) is 10.3. The van der Waals surface area contributed by atoms with E-state index in [9.17, 15) is 4.79 Å². The molecule has 6 nitrogen and oxygen atoms in total. The van der Waals surface area contributed by atoms with E-state index in [1.54, 1.807) is 19.0 Å². The summed E-state index contributed by atoms with van der Waals surface area (Å²) in [6.07, 6.45) is 2.75. The zero-order valence-electron chi connectivity index (χ0n) is 19.7. The lowest BCUT2D eigenvalue weighted by molar-refractivity contribution is 0.0827. The van der Waals surface area contributed by atoms with Crippen LogP contribution in [0.3, 0.4) is 0 Å². The highest BCUT2D eigenvalue weighted by atomic mass is 127. The third-order valence-corrected chi connectivity index (χ3v) is 4.74. The van der Waals surface area contributed by atoms with Gasteiger partial charge in [-0.2, -0.15) is 0 Å². The second kappa shape index (κ2) is 15.5. The summed E-state index contributed by atoms with van der Waals surface area (Å²) in [4.78, 5) is 18.4. The van der Waals surface area contributed by atoms with E-state index in [1.165, 1.54) is 5.56 Å². The van der Waals surface area contributed by atoms with Crippen molar-refractivity contribution in [2.75, 3.05) is 40.3 Å². The number of carbonyl (C=O) groups excluding carboxylic acids is 1. The highest BCUT2D eigenvalue weighted by Crippen LogP contribution is 2.12. The number of aliphatic imine (C=N–C) groups is 1. The first-order valence-electron chi connectivity index (χ1n) is 11.0. The van der Waals surface area contributed by atoms with Gasteiger partial charge in [-0.1, -0.05) is 29.8 Å². The van der Waals surface area contributed by atoms with Crippen molar-refractivity contribution in [1.82, 2.24) is 15.5 Å². The smallest absolute Gasteiger partial charge is 0.253 e. The van der Waals surface area contributed by atoms with Crippen molar-refractivity contribution in [3.05, 3.63) is 65.2 Å². The SMILES string of the molecule is CCNC(=NCCCCOc1ccc(C)cc1)NCCc1cccc(C(=O)N(C)C)c1.I. The van der Waals surface area contributed by atoms with Crippen LogP contribution in [0.15, 0.2) is 53.5 Å². The molecule has 2 aromatic carbocycles. The van der Waals surface area contributed by atoms with Gasteiger partial charge in [0.25, 0.3) is 5.91 Å². The van der Waals surface area contributed by atoms with E-state index < -0.39 is 0 Å². The average molecular weight is 553 g/mol. The van der Waals surface area contributed by atoms with Gasteiger partial charge >= 0.3 is 0 Å². The third-order valence-electron chi connectivity index (χ3n) is 4.74. The number of nitrogens with zero attached hydrogens (tertiary/aromatic N) is 2. The van der Waals surface area contributed by atoms with E-state index >= 15 is 0 Å². The molecular weight excluding hydrogens is 515 g/mol. The summed E-state index contributed by atoms with van der Waals surface area (Å²) in [7, 11) is 3.54. The lowest BCUT2D eigenvalue weighted by Crippen LogP contribution is -2.38. The summed E-state index contributed by atoms with van der Waals surface area (Å²) >= 11 is 0. The van der Waals surface area contributed by atoms with Gasteiger partial charge in [0.15, 0.2) is 5.96 Å². The van der Waals surface area contributed by atoms with E-state index in [0.29, 0.717) is 6.61 Å². The second-order valence-electron chi connectivity index (χ2n) is 7.71. The summed E-state index contributed by atoms with van der Waals surface area (Å²) in [6, 6.07) is 15.9. The molecule has 0 atom stereocenters. The topological polar surface area (TPSA) is 66.0 Å². The average Bonchev–Trinajstić information content (AvgIpc) is 2.77. The maximum absolute atomic E-state index is 12.1. The number of unbranched alkanes of at least 4 members (excludes halogenated alkanes) is 1. The summed E-state index contributed by atoms with van der Waals surface area (Å²) in [5.41, 5.74) is 3.08. The molecule has 2 aromatic rings. The molecule has 0 aliphatic rings. The highest BCUT2D eigenvalue weighted by molar-refractivity contribution is 14.0. The molecule has 2 rings (SSSR count). The number of benzene rings is 2. The molecule has 0 saturated heterocycles. The molecule has 0 bridgehead atoms. The van der Waals surface area contributed by atoms with Crippen LogP contribution in [0.4, 0.5) is 0 Å². The Morgan fingerprint density at radius 1 is 1.06 bits per heavy atom. The van der Waals surface area contributed by atoms with E-state index in [2.05, 4.69) is 41.6 Å². The summed E-state index contributed by atoms with van der Waals surface area (Å²) in [6.45, 7) is 7.14. The van der Waals surface area contributed by atoms with Crippen LogP contribution < -0.4 is 15.4 Å². The van der Waals surface area contributed by atoms with Crippen molar-refractivity contribution < 1.29 is 9.53 Å². The number of hydrogen-bond acceptors (Lipinski definition) is 3. The normalized spacial score (nSPS) is 10.8. The van der Waals surface area contributed by atoms with Gasteiger partial charge in [-0.25, -0.2) is 0 Å². The van der Waals surface area contributed by atoms with Crippen LogP contribution in [0, 0.1) is 6.92 Å². The number of rotatable bonds is 11. The lowest BCUT2D eigenvalue weighted by Gasteiger charge is -2.13. The minimum Gasteiger partial charge on any atom is -0.494 e. The Labute approximate surface area is 209 Å². The van der Waals surface area contributed by atoms with Crippen molar-refractivity contribution in [2.45, 2.75) is 33.1 Å². The van der Waals surface area contributed by atoms with Gasteiger partial charge in [0.05, 0.1) is 6.61 Å². The second-order valence-corrected chi connectivity index (χ2v) is 7.71. The Morgan fingerprint density at radius 2 is 1.81 bits per heavy atom. The van der Waals surface area contributed by atoms with Crippen LogP contribution in [0.2, 0.25) is 0 Å². The van der Waals surface area contributed by atoms with Crippen molar-refractivity contribution >= 4 is 35.8 Å². The molecule has 0 spiro atoms. The van der Waals surface area contributed by atoms with Crippen molar-refractivity contribution in [2.24, 2.45) is 4.99 Å². The van der Waals surface area contributed by atoms with Gasteiger partial charge < -0.3 is 20.3 Å². The van der Waals surface area contributed by atoms with Crippen LogP contribution in [0.25, 0.3) is 0 Å². The first-order chi connectivity index (χ1) is 15.0. The molecule has 2 N–H and O–H groups in total. The molecule has 0 aliphatic carbocycles. The fraction of sp³-hybridized carbons (Fsp3) is 0.440. The minimum absolute atomic E-state index is 0. The maximum Gasteiger partial charge on any atom is 0.253 e. The van der Waals surface area contributed by atoms with Crippen LogP contribution in [0.1, 0.15) is 41.3 Å². The molecule has 32 heavy (non-hydrogen) atoms. The molecule has 0 fully saturated rings. The van der Waals surface area contributed by atoms with Crippen molar-refractivity contribution in [3.63, 3.8) is 0 Å². The zero-order chi connectivity index (χ0) is 22.5. The number of ether oxygens (including phenoxy) is 1. The molecule has 0 unspecified atom stereocenters. The quantitative estimate of drug-likeness (QED) is 0.189. The Bertz CT molecular complexity index is 838. The van der Waals surface area contributed by atoms with Crippen molar-refractivity contribution in [1.29, 1.82) is 0 Å². The first-order valence-corrected chi connectivity index (χ1v) is 11.0. The molecular formula is C25H37IN4O2. The van der Waals surface area contributed by atoms with Gasteiger partial charge in [0.2, 0.25) is 0 Å². The van der Waals surface area contributed by atoms with Crippen LogP contribution >= 0.6 is 24.0 Å². The molecule has 1 amide bonds. The Hall–Kier alpha value is -2.29. The molecule has 0 heterocycles. The first kappa shape index (κ1) is 27.7. The van der Waals surface area contributed by atoms with Gasteiger partial charge in [-0.15, -0.1) is 24.0 Å². The van der Waals surface area contributed by atoms with Gasteiger partial charge in [-0.05, 0) is 62.9 Å². The van der Waals surface area contributed by atoms with Gasteiger partial charge in [-0.3, -0.25) is 9.79 Å². The number of hydrogen-bond donors (Lipinski definition) is 2. The summed E-state index contributed by atoms with van der Waals surface area (Å²) in [5, 5.41) is 6.66. The monoisotopic (exact) mass is 552 g/mol. The molecule has 176 valence electrons. The summed E-state index contributed by atoms with van der Waals surface area (Å²) in [5.74, 6) is 1.76. The van der Waals surface area contributed by atoms with Gasteiger partial charge in [0, 0.05) is 39.3 Å². The molecule has 0 radical (unpaired) electrons. The Balaban J connectivity index is 0.00000512. The number of aryl methyl sites for hydroxylation is 1. The van der Waals surface area contributed by atoms with Crippen LogP contribution in [0.5, 0.6) is 5.75 Å². The van der Waals surface area contributed by atoms with E-state index in [1.807, 2.05) is 36.4 Å². The molecule has 7 heteroatoms. The molecule has 0 saturated carbocycles. The van der Waals surface area contributed by atoms with E-state index in [-0.39, 0.29) is 29.9 Å². The van der Waals surface area contributed by atoms with E-state index in [0.717, 1.165) is 61.7 Å². The highest BCUT2D eigenvalue weighted by Gasteiger charge is 2.08. The Kier molecular flexibility index (Phi) is 13.4. The van der Waals surface area contributed by atoms with Crippen molar-refractivity contribution in [3.8, 4) is 5.75 Å². The fourth-order valence-electron chi connectivity index (χ4n) is 3.01. The number of amides is 1. The minimum atomic E-state index is 0. The predicted molar refractivity (Wildman–Crippen MR) is 143 cm³/mol. The van der Waals surface area contributed by atoms with Crippen LogP contribution in [-0.4, -0.2) is 57.1 Å². The zero-order valence-corrected chi connectivity index (χ0v) is 22.0. The van der Waals surface area contributed by atoms with Crippen LogP contribution in [-0.2, 0) is 6.42 Å². The Morgan fingerprint density at radius 3 is 2.50 bits per heavy atom. The van der Waals surface area contributed by atoms with E-state index in [4.69, 9.17) is 4.74 Å². The number of nitrogens with one attached hydrogen (secondary N) is 2.